The van der Waals surface area contributed by atoms with E-state index in [0.29, 0.717) is 23.4 Å². The Labute approximate surface area is 135 Å². The van der Waals surface area contributed by atoms with E-state index in [4.69, 9.17) is 15.1 Å². The number of aliphatic hydroxyl groups excluding tert-OH is 1. The molecule has 5 nitrogen and oxygen atoms in total. The van der Waals surface area contributed by atoms with Crippen LogP contribution in [-0.4, -0.2) is 23.7 Å². The highest BCUT2D eigenvalue weighted by Gasteiger charge is 2.15. The Bertz CT molecular complexity index is 705. The second-order valence-corrected chi connectivity index (χ2v) is 5.06. The molecule has 0 bridgehead atoms. The summed E-state index contributed by atoms with van der Waals surface area (Å²) in [6, 6.07) is 16.0. The van der Waals surface area contributed by atoms with Gasteiger partial charge in [0, 0.05) is 12.3 Å². The lowest BCUT2D eigenvalue weighted by atomic mass is 10.1. The summed E-state index contributed by atoms with van der Waals surface area (Å²) in [6.45, 7) is 1.74. The molecule has 0 heterocycles. The van der Waals surface area contributed by atoms with E-state index in [0.717, 1.165) is 5.56 Å². The van der Waals surface area contributed by atoms with Crippen LogP contribution in [0.3, 0.4) is 0 Å². The first-order chi connectivity index (χ1) is 11.1. The van der Waals surface area contributed by atoms with Crippen LogP contribution in [0.2, 0.25) is 0 Å². The fourth-order valence-electron chi connectivity index (χ4n) is 2.02. The molecule has 23 heavy (non-hydrogen) atoms. The van der Waals surface area contributed by atoms with Gasteiger partial charge in [-0.3, -0.25) is 4.79 Å². The predicted molar refractivity (Wildman–Crippen MR) is 87.1 cm³/mol. The lowest BCUT2D eigenvalue weighted by molar-refractivity contribution is -0.122. The minimum Gasteiger partial charge on any atom is -0.481 e. The minimum atomic E-state index is -0.693. The van der Waals surface area contributed by atoms with Crippen LogP contribution < -0.4 is 10.1 Å². The van der Waals surface area contributed by atoms with Gasteiger partial charge in [0.25, 0.3) is 5.91 Å². The summed E-state index contributed by atoms with van der Waals surface area (Å²) in [4.78, 5) is 12.1. The van der Waals surface area contributed by atoms with E-state index in [-0.39, 0.29) is 12.5 Å². The maximum atomic E-state index is 12.1. The molecule has 0 aliphatic carbocycles. The number of nitrogens with zero attached hydrogens (tertiary/aromatic N) is 1. The number of aliphatic hydroxyl groups is 1. The second kappa shape index (κ2) is 7.97. The smallest absolute Gasteiger partial charge is 0.265 e. The molecule has 0 saturated heterocycles. The molecule has 2 aromatic carbocycles. The van der Waals surface area contributed by atoms with E-state index < -0.39 is 6.10 Å². The van der Waals surface area contributed by atoms with E-state index in [1.165, 1.54) is 0 Å². The maximum Gasteiger partial charge on any atom is 0.265 e. The summed E-state index contributed by atoms with van der Waals surface area (Å²) in [5.74, 6) is 0.201. The number of hydrogen-bond acceptors (Lipinski definition) is 4. The van der Waals surface area contributed by atoms with Crippen LogP contribution >= 0.6 is 0 Å². The number of carbonyl (C=O) groups is 1. The zero-order valence-electron chi connectivity index (χ0n) is 12.8. The van der Waals surface area contributed by atoms with Gasteiger partial charge in [0.1, 0.15) is 5.75 Å². The van der Waals surface area contributed by atoms with Crippen molar-refractivity contribution in [2.75, 3.05) is 11.9 Å². The highest BCUT2D eigenvalue weighted by Crippen LogP contribution is 2.16. The standard InChI is InChI=1S/C18H18N2O3/c1-13(23-17-4-2-3-15(11-17)12-19)18(22)20-16-7-5-14(6-8-16)9-10-21/h2-8,11,13,21H,9-10H2,1H3,(H,20,22). The van der Waals surface area contributed by atoms with Crippen molar-refractivity contribution in [2.45, 2.75) is 19.4 Å². The summed E-state index contributed by atoms with van der Waals surface area (Å²) in [7, 11) is 0. The molecule has 2 N–H and O–H groups in total. The molecule has 118 valence electrons. The number of ether oxygens (including phenoxy) is 1. The van der Waals surface area contributed by atoms with Crippen molar-refractivity contribution in [1.82, 2.24) is 0 Å². The molecular weight excluding hydrogens is 292 g/mol. The monoisotopic (exact) mass is 310 g/mol. The predicted octanol–water partition coefficient (Wildman–Crippen LogP) is 2.50. The number of benzene rings is 2. The Hall–Kier alpha value is -2.84. The third kappa shape index (κ3) is 4.83. The number of carbonyl (C=O) groups excluding carboxylic acids is 1. The summed E-state index contributed by atoms with van der Waals surface area (Å²) < 4.78 is 5.56. The Kier molecular flexibility index (Phi) is 5.73. The first-order valence-electron chi connectivity index (χ1n) is 7.30. The quantitative estimate of drug-likeness (QED) is 0.859. The number of amides is 1. The van der Waals surface area contributed by atoms with Gasteiger partial charge in [-0.05, 0) is 49.2 Å². The third-order valence-corrected chi connectivity index (χ3v) is 3.27. The molecule has 0 aliphatic heterocycles. The van der Waals surface area contributed by atoms with Gasteiger partial charge in [0.15, 0.2) is 6.10 Å². The molecule has 0 spiro atoms. The van der Waals surface area contributed by atoms with E-state index >= 15 is 0 Å². The molecule has 0 aromatic heterocycles. The first-order valence-corrected chi connectivity index (χ1v) is 7.30. The second-order valence-electron chi connectivity index (χ2n) is 5.06. The van der Waals surface area contributed by atoms with Gasteiger partial charge in [0.05, 0.1) is 11.6 Å². The fourth-order valence-corrected chi connectivity index (χ4v) is 2.02. The first kappa shape index (κ1) is 16.5. The molecule has 1 amide bonds. The SMILES string of the molecule is CC(Oc1cccc(C#N)c1)C(=O)Nc1ccc(CCO)cc1. The number of nitrogens with one attached hydrogen (secondary N) is 1. The number of nitriles is 1. The Morgan fingerprint density at radius 1 is 1.30 bits per heavy atom. The number of hydrogen-bond donors (Lipinski definition) is 2. The van der Waals surface area contributed by atoms with Crippen molar-refractivity contribution in [3.05, 3.63) is 59.7 Å². The number of anilines is 1. The van der Waals surface area contributed by atoms with Crippen molar-refractivity contribution >= 4 is 11.6 Å². The highest BCUT2D eigenvalue weighted by atomic mass is 16.5. The molecule has 1 atom stereocenters. The van der Waals surface area contributed by atoms with Gasteiger partial charge in [-0.2, -0.15) is 5.26 Å². The third-order valence-electron chi connectivity index (χ3n) is 3.27. The van der Waals surface area contributed by atoms with Crippen LogP contribution in [0.5, 0.6) is 5.75 Å². The molecule has 2 rings (SSSR count). The topological polar surface area (TPSA) is 82.3 Å². The fraction of sp³-hybridized carbons (Fsp3) is 0.222. The van der Waals surface area contributed by atoms with Crippen molar-refractivity contribution in [3.8, 4) is 11.8 Å². The summed E-state index contributed by atoms with van der Waals surface area (Å²) in [5, 5.41) is 20.5. The highest BCUT2D eigenvalue weighted by molar-refractivity contribution is 5.94. The molecule has 1 unspecified atom stereocenters. The normalized spacial score (nSPS) is 11.3. The van der Waals surface area contributed by atoms with Crippen molar-refractivity contribution in [3.63, 3.8) is 0 Å². The summed E-state index contributed by atoms with van der Waals surface area (Å²) in [6.07, 6.45) is -0.107. The van der Waals surface area contributed by atoms with Gasteiger partial charge in [-0.1, -0.05) is 18.2 Å². The average Bonchev–Trinajstić information content (AvgIpc) is 2.57. The average molecular weight is 310 g/mol. The molecule has 2 aromatic rings. The van der Waals surface area contributed by atoms with Gasteiger partial charge in [-0.15, -0.1) is 0 Å². The molecule has 0 aliphatic rings. The molecule has 0 fully saturated rings. The van der Waals surface area contributed by atoms with Crippen LogP contribution in [0.4, 0.5) is 5.69 Å². The van der Waals surface area contributed by atoms with Gasteiger partial charge < -0.3 is 15.2 Å². The van der Waals surface area contributed by atoms with Crippen LogP contribution in [0.1, 0.15) is 18.1 Å². The van der Waals surface area contributed by atoms with Gasteiger partial charge >= 0.3 is 0 Å². The lowest BCUT2D eigenvalue weighted by Crippen LogP contribution is -2.30. The van der Waals surface area contributed by atoms with E-state index in [1.807, 2.05) is 18.2 Å². The zero-order valence-corrected chi connectivity index (χ0v) is 12.8. The summed E-state index contributed by atoms with van der Waals surface area (Å²) in [5.41, 5.74) is 2.15. The van der Waals surface area contributed by atoms with Crippen LogP contribution in [0.15, 0.2) is 48.5 Å². The zero-order chi connectivity index (χ0) is 16.7. The Morgan fingerprint density at radius 2 is 2.04 bits per heavy atom. The maximum absolute atomic E-state index is 12.1. The number of rotatable bonds is 6. The van der Waals surface area contributed by atoms with E-state index in [2.05, 4.69) is 5.32 Å². The molecular formula is C18H18N2O3. The van der Waals surface area contributed by atoms with Crippen molar-refractivity contribution in [2.24, 2.45) is 0 Å². The van der Waals surface area contributed by atoms with E-state index in [1.54, 1.807) is 43.3 Å². The Balaban J connectivity index is 1.95. The van der Waals surface area contributed by atoms with Gasteiger partial charge in [0.2, 0.25) is 0 Å². The van der Waals surface area contributed by atoms with Crippen molar-refractivity contribution < 1.29 is 14.6 Å². The van der Waals surface area contributed by atoms with Crippen LogP contribution in [-0.2, 0) is 11.2 Å². The summed E-state index contributed by atoms with van der Waals surface area (Å²) >= 11 is 0. The van der Waals surface area contributed by atoms with Crippen LogP contribution in [0.25, 0.3) is 0 Å². The van der Waals surface area contributed by atoms with Gasteiger partial charge in [-0.25, -0.2) is 0 Å². The largest absolute Gasteiger partial charge is 0.481 e. The minimum absolute atomic E-state index is 0.0956. The molecule has 0 radical (unpaired) electrons. The Morgan fingerprint density at radius 3 is 2.70 bits per heavy atom. The van der Waals surface area contributed by atoms with E-state index in [9.17, 15) is 4.79 Å². The molecule has 5 heteroatoms. The lowest BCUT2D eigenvalue weighted by Gasteiger charge is -2.15. The molecule has 0 saturated carbocycles. The van der Waals surface area contributed by atoms with Crippen molar-refractivity contribution in [1.29, 1.82) is 5.26 Å². The van der Waals surface area contributed by atoms with Crippen LogP contribution in [0, 0.1) is 11.3 Å².